The fourth-order valence-electron chi connectivity index (χ4n) is 4.30. The fraction of sp³-hybridized carbons (Fsp3) is 0.571. The number of aromatic nitrogens is 2. The summed E-state index contributed by atoms with van der Waals surface area (Å²) in [7, 11) is 2.04. The molecule has 6 heteroatoms. The summed E-state index contributed by atoms with van der Waals surface area (Å²) < 4.78 is 13.5. The Hall–Kier alpha value is -1.89. The molecule has 0 aliphatic carbocycles. The zero-order valence-corrected chi connectivity index (χ0v) is 16.4. The third-order valence-corrected chi connectivity index (χ3v) is 5.67. The van der Waals surface area contributed by atoms with Crippen LogP contribution in [-0.2, 0) is 23.1 Å². The molecular formula is C21H30N4O2. The van der Waals surface area contributed by atoms with Crippen LogP contribution >= 0.6 is 0 Å². The van der Waals surface area contributed by atoms with Gasteiger partial charge in [-0.15, -0.1) is 0 Å². The minimum Gasteiger partial charge on any atom is -0.378 e. The summed E-state index contributed by atoms with van der Waals surface area (Å²) in [5.41, 5.74) is 3.69. The van der Waals surface area contributed by atoms with Gasteiger partial charge in [0.25, 0.3) is 0 Å². The Morgan fingerprint density at radius 1 is 1.15 bits per heavy atom. The molecule has 4 rings (SSSR count). The molecule has 0 bridgehead atoms. The minimum absolute atomic E-state index is 0.201. The zero-order chi connectivity index (χ0) is 18.6. The topological polar surface area (TPSA) is 51.5 Å². The number of rotatable bonds is 6. The van der Waals surface area contributed by atoms with Gasteiger partial charge >= 0.3 is 0 Å². The van der Waals surface area contributed by atoms with E-state index in [9.17, 15) is 0 Å². The first-order chi connectivity index (χ1) is 13.2. The van der Waals surface area contributed by atoms with E-state index in [1.807, 2.05) is 11.7 Å². The van der Waals surface area contributed by atoms with Crippen LogP contribution in [0.1, 0.15) is 29.3 Å². The number of hydrogen-bond donors (Lipinski definition) is 1. The highest BCUT2D eigenvalue weighted by atomic mass is 16.5. The summed E-state index contributed by atoms with van der Waals surface area (Å²) in [5.74, 6) is 1.74. The first kappa shape index (κ1) is 18.5. The maximum absolute atomic E-state index is 6.02. The van der Waals surface area contributed by atoms with Crippen LogP contribution in [0.4, 0.5) is 5.82 Å². The largest absolute Gasteiger partial charge is 0.378 e. The molecule has 2 aliphatic rings. The maximum Gasteiger partial charge on any atom is 0.131 e. The molecule has 6 nitrogen and oxygen atoms in total. The second-order valence-electron chi connectivity index (χ2n) is 7.49. The molecule has 2 atom stereocenters. The molecule has 0 radical (unpaired) electrons. The van der Waals surface area contributed by atoms with Crippen molar-refractivity contribution in [3.63, 3.8) is 0 Å². The van der Waals surface area contributed by atoms with Crippen LogP contribution < -0.4 is 10.2 Å². The smallest absolute Gasteiger partial charge is 0.131 e. The number of ether oxygens (including phenoxy) is 2. The van der Waals surface area contributed by atoms with E-state index in [4.69, 9.17) is 9.47 Å². The normalized spacial score (nSPS) is 23.1. The summed E-state index contributed by atoms with van der Waals surface area (Å²) in [5, 5.41) is 8.35. The van der Waals surface area contributed by atoms with E-state index in [1.165, 1.54) is 16.9 Å². The average molecular weight is 370 g/mol. The highest BCUT2D eigenvalue weighted by Gasteiger charge is 2.29. The average Bonchev–Trinajstić information content (AvgIpc) is 3.27. The van der Waals surface area contributed by atoms with E-state index in [1.54, 1.807) is 0 Å². The third-order valence-electron chi connectivity index (χ3n) is 5.67. The standard InChI is InChI=1S/C21H30N4O2/c1-16-19(21(24(2)23-16)25-9-12-26-13-10-25)15-22-14-18-8-11-27-20(18)17-6-4-3-5-7-17/h3-7,18,20,22H,8-15H2,1-2H3/t18-,20-/m1/s1. The highest BCUT2D eigenvalue weighted by molar-refractivity contribution is 5.50. The van der Waals surface area contributed by atoms with Crippen LogP contribution in [-0.4, -0.2) is 49.2 Å². The van der Waals surface area contributed by atoms with E-state index in [0.29, 0.717) is 5.92 Å². The van der Waals surface area contributed by atoms with Crippen LogP contribution in [0, 0.1) is 12.8 Å². The van der Waals surface area contributed by atoms with Gasteiger partial charge in [-0.05, 0) is 18.9 Å². The lowest BCUT2D eigenvalue weighted by Gasteiger charge is -2.29. The molecule has 146 valence electrons. The van der Waals surface area contributed by atoms with Gasteiger partial charge in [-0.3, -0.25) is 4.68 Å². The first-order valence-electron chi connectivity index (χ1n) is 9.96. The van der Waals surface area contributed by atoms with Gasteiger partial charge < -0.3 is 19.7 Å². The highest BCUT2D eigenvalue weighted by Crippen LogP contribution is 2.34. The molecule has 1 aromatic heterocycles. The van der Waals surface area contributed by atoms with Gasteiger partial charge in [0.1, 0.15) is 5.82 Å². The Labute approximate surface area is 161 Å². The van der Waals surface area contributed by atoms with Crippen molar-refractivity contribution in [1.29, 1.82) is 0 Å². The molecule has 2 aliphatic heterocycles. The van der Waals surface area contributed by atoms with Crippen LogP contribution in [0.2, 0.25) is 0 Å². The Balaban J connectivity index is 1.40. The van der Waals surface area contributed by atoms with E-state index >= 15 is 0 Å². The number of hydrogen-bond acceptors (Lipinski definition) is 5. The minimum atomic E-state index is 0.201. The van der Waals surface area contributed by atoms with Crippen molar-refractivity contribution in [3.05, 3.63) is 47.2 Å². The van der Waals surface area contributed by atoms with Crippen molar-refractivity contribution < 1.29 is 9.47 Å². The molecule has 2 saturated heterocycles. The summed E-state index contributed by atoms with van der Waals surface area (Å²) in [6.45, 7) is 8.17. The molecule has 27 heavy (non-hydrogen) atoms. The Kier molecular flexibility index (Phi) is 5.76. The lowest BCUT2D eigenvalue weighted by Crippen LogP contribution is -2.38. The SMILES string of the molecule is Cc1nn(C)c(N2CCOCC2)c1CNC[C@H]1CCO[C@@H]1c1ccccc1. The molecule has 0 amide bonds. The lowest BCUT2D eigenvalue weighted by molar-refractivity contribution is 0.0904. The summed E-state index contributed by atoms with van der Waals surface area (Å²) in [4.78, 5) is 2.39. The molecule has 2 aromatic rings. The number of nitrogens with zero attached hydrogens (tertiary/aromatic N) is 3. The number of benzene rings is 1. The Bertz CT molecular complexity index is 740. The second kappa shape index (κ2) is 8.42. The van der Waals surface area contributed by atoms with Gasteiger partial charge in [-0.25, -0.2) is 0 Å². The molecule has 0 unspecified atom stereocenters. The Morgan fingerprint density at radius 3 is 2.70 bits per heavy atom. The van der Waals surface area contributed by atoms with Gasteiger partial charge in [0.05, 0.1) is 25.0 Å². The molecule has 0 spiro atoms. The molecule has 1 N–H and O–H groups in total. The van der Waals surface area contributed by atoms with Gasteiger partial charge in [-0.2, -0.15) is 5.10 Å². The van der Waals surface area contributed by atoms with Crippen LogP contribution in [0.15, 0.2) is 30.3 Å². The number of aryl methyl sites for hydroxylation is 2. The first-order valence-corrected chi connectivity index (χ1v) is 9.96. The number of morpholine rings is 1. The van der Waals surface area contributed by atoms with Crippen molar-refractivity contribution in [1.82, 2.24) is 15.1 Å². The fourth-order valence-corrected chi connectivity index (χ4v) is 4.30. The van der Waals surface area contributed by atoms with Crippen molar-refractivity contribution in [2.75, 3.05) is 44.4 Å². The lowest BCUT2D eigenvalue weighted by atomic mass is 9.95. The molecule has 2 fully saturated rings. The van der Waals surface area contributed by atoms with Gasteiger partial charge in [0.2, 0.25) is 0 Å². The van der Waals surface area contributed by atoms with Crippen molar-refractivity contribution in [3.8, 4) is 0 Å². The number of nitrogens with one attached hydrogen (secondary N) is 1. The van der Waals surface area contributed by atoms with E-state index in [-0.39, 0.29) is 6.10 Å². The summed E-state index contributed by atoms with van der Waals surface area (Å²) >= 11 is 0. The number of anilines is 1. The predicted molar refractivity (Wildman–Crippen MR) is 106 cm³/mol. The van der Waals surface area contributed by atoms with E-state index in [0.717, 1.165) is 58.1 Å². The summed E-state index contributed by atoms with van der Waals surface area (Å²) in [6, 6.07) is 10.6. The predicted octanol–water partition coefficient (Wildman–Crippen LogP) is 2.43. The molecule has 0 saturated carbocycles. The quantitative estimate of drug-likeness (QED) is 0.846. The van der Waals surface area contributed by atoms with Crippen molar-refractivity contribution >= 4 is 5.82 Å². The van der Waals surface area contributed by atoms with Crippen LogP contribution in [0.25, 0.3) is 0 Å². The molecule has 1 aromatic carbocycles. The Morgan fingerprint density at radius 2 is 1.93 bits per heavy atom. The van der Waals surface area contributed by atoms with Crippen LogP contribution in [0.3, 0.4) is 0 Å². The van der Waals surface area contributed by atoms with Crippen LogP contribution in [0.5, 0.6) is 0 Å². The van der Waals surface area contributed by atoms with Gasteiger partial charge in [0, 0.05) is 51.3 Å². The monoisotopic (exact) mass is 370 g/mol. The van der Waals surface area contributed by atoms with Gasteiger partial charge in [0.15, 0.2) is 0 Å². The third kappa shape index (κ3) is 4.03. The van der Waals surface area contributed by atoms with Gasteiger partial charge in [-0.1, -0.05) is 30.3 Å². The second-order valence-corrected chi connectivity index (χ2v) is 7.49. The zero-order valence-electron chi connectivity index (χ0n) is 16.4. The van der Waals surface area contributed by atoms with Crippen molar-refractivity contribution in [2.24, 2.45) is 13.0 Å². The molecular weight excluding hydrogens is 340 g/mol. The maximum atomic E-state index is 6.02. The van der Waals surface area contributed by atoms with Crippen molar-refractivity contribution in [2.45, 2.75) is 26.0 Å². The van der Waals surface area contributed by atoms with E-state index < -0.39 is 0 Å². The summed E-state index contributed by atoms with van der Waals surface area (Å²) in [6.07, 6.45) is 1.31. The van der Waals surface area contributed by atoms with E-state index in [2.05, 4.69) is 52.6 Å². The molecule has 3 heterocycles.